The molecule has 0 atom stereocenters. The third-order valence-corrected chi connectivity index (χ3v) is 4.71. The zero-order chi connectivity index (χ0) is 15.5. The van der Waals surface area contributed by atoms with Crippen molar-refractivity contribution >= 4 is 15.7 Å². The molecule has 0 bridgehead atoms. The lowest BCUT2D eigenvalue weighted by Crippen LogP contribution is -2.13. The van der Waals surface area contributed by atoms with E-state index < -0.39 is 10.0 Å². The molecule has 2 rings (SSSR count). The van der Waals surface area contributed by atoms with Crippen LogP contribution in [0.15, 0.2) is 47.4 Å². The minimum absolute atomic E-state index is 0.180. The first kappa shape index (κ1) is 15.4. The molecular formula is C16H19NO3S. The van der Waals surface area contributed by atoms with E-state index in [2.05, 4.69) is 11.6 Å². The van der Waals surface area contributed by atoms with Gasteiger partial charge in [0.05, 0.1) is 12.0 Å². The van der Waals surface area contributed by atoms with Crippen LogP contribution in [0.2, 0.25) is 0 Å². The third kappa shape index (κ3) is 3.55. The molecule has 2 aromatic rings. The highest BCUT2D eigenvalue weighted by Gasteiger charge is 2.15. The predicted molar refractivity (Wildman–Crippen MR) is 84.4 cm³/mol. The van der Waals surface area contributed by atoms with Gasteiger partial charge in [-0.05, 0) is 48.7 Å². The van der Waals surface area contributed by atoms with Crippen molar-refractivity contribution in [1.29, 1.82) is 0 Å². The van der Waals surface area contributed by atoms with Crippen LogP contribution in [0.1, 0.15) is 18.1 Å². The molecule has 0 unspecified atom stereocenters. The van der Waals surface area contributed by atoms with Gasteiger partial charge in [0.25, 0.3) is 10.0 Å². The monoisotopic (exact) mass is 305 g/mol. The van der Waals surface area contributed by atoms with Gasteiger partial charge in [-0.1, -0.05) is 19.1 Å². The summed E-state index contributed by atoms with van der Waals surface area (Å²) < 4.78 is 32.4. The minimum atomic E-state index is -3.61. The summed E-state index contributed by atoms with van der Waals surface area (Å²) in [7, 11) is -2.11. The Morgan fingerprint density at radius 2 is 1.90 bits per heavy atom. The maximum Gasteiger partial charge on any atom is 0.262 e. The summed E-state index contributed by atoms with van der Waals surface area (Å²) in [5.41, 5.74) is 2.84. The van der Waals surface area contributed by atoms with E-state index in [1.165, 1.54) is 24.8 Å². The van der Waals surface area contributed by atoms with E-state index in [1.54, 1.807) is 18.2 Å². The Bertz CT molecular complexity index is 739. The van der Waals surface area contributed by atoms with Crippen molar-refractivity contribution in [3.05, 3.63) is 53.6 Å². The topological polar surface area (TPSA) is 55.4 Å². The average molecular weight is 305 g/mol. The van der Waals surface area contributed by atoms with E-state index in [1.807, 2.05) is 19.1 Å². The van der Waals surface area contributed by atoms with E-state index >= 15 is 0 Å². The molecule has 0 spiro atoms. The maximum atomic E-state index is 12.4. The molecule has 5 heteroatoms. The summed E-state index contributed by atoms with van der Waals surface area (Å²) in [6.07, 6.45) is 0.925. The third-order valence-electron chi connectivity index (χ3n) is 3.33. The molecule has 0 aromatic heterocycles. The van der Waals surface area contributed by atoms with Crippen LogP contribution in [-0.2, 0) is 16.4 Å². The number of hydrogen-bond acceptors (Lipinski definition) is 3. The molecule has 4 nitrogen and oxygen atoms in total. The lowest BCUT2D eigenvalue weighted by Gasteiger charge is -2.11. The molecule has 0 aliphatic rings. The lowest BCUT2D eigenvalue weighted by atomic mass is 10.1. The second-order valence-corrected chi connectivity index (χ2v) is 6.46. The number of sulfonamides is 1. The van der Waals surface area contributed by atoms with E-state index in [9.17, 15) is 8.42 Å². The minimum Gasteiger partial charge on any atom is -0.497 e. The van der Waals surface area contributed by atoms with Gasteiger partial charge in [0.15, 0.2) is 0 Å². The second kappa shape index (κ2) is 6.18. The normalized spacial score (nSPS) is 11.2. The molecule has 1 N–H and O–H groups in total. The number of benzene rings is 2. The Labute approximate surface area is 125 Å². The molecule has 0 heterocycles. The number of ether oxygens (including phenoxy) is 1. The van der Waals surface area contributed by atoms with Crippen molar-refractivity contribution in [3.63, 3.8) is 0 Å². The number of aryl methyl sites for hydroxylation is 2. The molecule has 0 saturated carbocycles. The maximum absolute atomic E-state index is 12.4. The van der Waals surface area contributed by atoms with Gasteiger partial charge < -0.3 is 4.74 Å². The van der Waals surface area contributed by atoms with Gasteiger partial charge in [0.2, 0.25) is 0 Å². The molecule has 0 aliphatic heterocycles. The van der Waals surface area contributed by atoms with Gasteiger partial charge in [0, 0.05) is 11.8 Å². The zero-order valence-electron chi connectivity index (χ0n) is 12.4. The number of anilines is 1. The van der Waals surface area contributed by atoms with Crippen LogP contribution >= 0.6 is 0 Å². The molecule has 0 saturated heterocycles. The van der Waals surface area contributed by atoms with E-state index in [0.717, 1.165) is 12.0 Å². The van der Waals surface area contributed by atoms with Crippen molar-refractivity contribution < 1.29 is 13.2 Å². The number of nitrogens with one attached hydrogen (secondary N) is 1. The quantitative estimate of drug-likeness (QED) is 0.921. The van der Waals surface area contributed by atoms with Crippen molar-refractivity contribution in [2.24, 2.45) is 0 Å². The highest BCUT2D eigenvalue weighted by atomic mass is 32.2. The van der Waals surface area contributed by atoms with Gasteiger partial charge >= 0.3 is 0 Å². The second-order valence-electron chi connectivity index (χ2n) is 4.78. The summed E-state index contributed by atoms with van der Waals surface area (Å²) in [5, 5.41) is 0. The molecule has 0 fully saturated rings. The molecule has 112 valence electrons. The molecule has 2 aromatic carbocycles. The molecule has 0 amide bonds. The Kier molecular flexibility index (Phi) is 4.53. The fourth-order valence-electron chi connectivity index (χ4n) is 2.14. The lowest BCUT2D eigenvalue weighted by molar-refractivity contribution is 0.413. The molecule has 0 radical (unpaired) electrons. The SMILES string of the molecule is CCc1ccc(NS(=O)(=O)c2cccc(OC)c2)cc1C. The van der Waals surface area contributed by atoms with E-state index in [4.69, 9.17) is 4.74 Å². The fourth-order valence-corrected chi connectivity index (χ4v) is 3.22. The summed E-state index contributed by atoms with van der Waals surface area (Å²) >= 11 is 0. The van der Waals surface area contributed by atoms with Crippen molar-refractivity contribution in [3.8, 4) is 5.75 Å². The summed E-state index contributed by atoms with van der Waals surface area (Å²) in [5.74, 6) is 0.510. The first-order chi connectivity index (χ1) is 9.96. The highest BCUT2D eigenvalue weighted by molar-refractivity contribution is 7.92. The van der Waals surface area contributed by atoms with Crippen LogP contribution in [0.5, 0.6) is 5.75 Å². The van der Waals surface area contributed by atoms with Gasteiger partial charge in [-0.2, -0.15) is 0 Å². The van der Waals surface area contributed by atoms with Crippen molar-refractivity contribution in [2.45, 2.75) is 25.2 Å². The van der Waals surface area contributed by atoms with Gasteiger partial charge in [-0.25, -0.2) is 8.42 Å². The summed E-state index contributed by atoms with van der Waals surface area (Å²) in [6, 6.07) is 12.0. The molecular weight excluding hydrogens is 286 g/mol. The van der Waals surface area contributed by atoms with Crippen molar-refractivity contribution in [2.75, 3.05) is 11.8 Å². The van der Waals surface area contributed by atoms with Crippen LogP contribution in [0, 0.1) is 6.92 Å². The largest absolute Gasteiger partial charge is 0.497 e. The van der Waals surface area contributed by atoms with Crippen LogP contribution in [0.25, 0.3) is 0 Å². The van der Waals surface area contributed by atoms with Gasteiger partial charge in [-0.15, -0.1) is 0 Å². The first-order valence-corrected chi connectivity index (χ1v) is 8.21. The predicted octanol–water partition coefficient (Wildman–Crippen LogP) is 3.37. The van der Waals surface area contributed by atoms with Gasteiger partial charge in [0.1, 0.15) is 5.75 Å². The van der Waals surface area contributed by atoms with Crippen LogP contribution in [0.4, 0.5) is 5.69 Å². The van der Waals surface area contributed by atoms with Crippen LogP contribution < -0.4 is 9.46 Å². The Morgan fingerprint density at radius 1 is 1.14 bits per heavy atom. The zero-order valence-corrected chi connectivity index (χ0v) is 13.2. The average Bonchev–Trinajstić information content (AvgIpc) is 2.47. The number of rotatable bonds is 5. The molecule has 0 aliphatic carbocycles. The van der Waals surface area contributed by atoms with Gasteiger partial charge in [-0.3, -0.25) is 4.72 Å². The van der Waals surface area contributed by atoms with Crippen LogP contribution in [-0.4, -0.2) is 15.5 Å². The van der Waals surface area contributed by atoms with Crippen LogP contribution in [0.3, 0.4) is 0 Å². The number of methoxy groups -OCH3 is 1. The summed E-state index contributed by atoms with van der Waals surface area (Å²) in [6.45, 7) is 4.05. The Hall–Kier alpha value is -2.01. The number of hydrogen-bond donors (Lipinski definition) is 1. The molecule has 21 heavy (non-hydrogen) atoms. The highest BCUT2D eigenvalue weighted by Crippen LogP contribution is 2.22. The smallest absolute Gasteiger partial charge is 0.262 e. The van der Waals surface area contributed by atoms with E-state index in [0.29, 0.717) is 11.4 Å². The standard InChI is InChI=1S/C16H19NO3S/c1-4-13-8-9-14(10-12(13)2)17-21(18,19)16-7-5-6-15(11-16)20-3/h5-11,17H,4H2,1-3H3. The summed E-state index contributed by atoms with van der Waals surface area (Å²) in [4.78, 5) is 0.180. The first-order valence-electron chi connectivity index (χ1n) is 6.72. The van der Waals surface area contributed by atoms with E-state index in [-0.39, 0.29) is 4.90 Å². The van der Waals surface area contributed by atoms with Crippen molar-refractivity contribution in [1.82, 2.24) is 0 Å². The fraction of sp³-hybridized carbons (Fsp3) is 0.250. The Morgan fingerprint density at radius 3 is 2.52 bits per heavy atom. The Balaban J connectivity index is 2.30.